The first-order valence-corrected chi connectivity index (χ1v) is 11.2. The summed E-state index contributed by atoms with van der Waals surface area (Å²) in [6.07, 6.45) is 0. The highest BCUT2D eigenvalue weighted by molar-refractivity contribution is 9.10. The number of anilines is 1. The minimum absolute atomic E-state index is 0.00945. The van der Waals surface area contributed by atoms with E-state index in [2.05, 4.69) is 32.0 Å². The summed E-state index contributed by atoms with van der Waals surface area (Å²) in [5, 5.41) is 6.18. The summed E-state index contributed by atoms with van der Waals surface area (Å²) in [6.45, 7) is 0.115. The zero-order valence-corrected chi connectivity index (χ0v) is 19.8. The van der Waals surface area contributed by atoms with Gasteiger partial charge >= 0.3 is 11.8 Å². The lowest BCUT2D eigenvalue weighted by Gasteiger charge is -2.13. The Hall–Kier alpha value is -3.69. The minimum atomic E-state index is -0.977. The number of aromatic nitrogens is 1. The van der Waals surface area contributed by atoms with Crippen LogP contribution in [0.3, 0.4) is 0 Å². The fourth-order valence-corrected chi connectivity index (χ4v) is 3.74. The van der Waals surface area contributed by atoms with Crippen LogP contribution in [0.4, 0.5) is 10.1 Å². The van der Waals surface area contributed by atoms with Gasteiger partial charge in [0.05, 0.1) is 11.2 Å². The third kappa shape index (κ3) is 5.27. The molecule has 3 N–H and O–H groups in total. The van der Waals surface area contributed by atoms with Crippen LogP contribution in [0, 0.1) is 5.82 Å². The van der Waals surface area contributed by atoms with Gasteiger partial charge in [0.1, 0.15) is 11.5 Å². The topological polar surface area (TPSA) is 92.2 Å². The first-order valence-electron chi connectivity index (χ1n) is 10.0. The van der Waals surface area contributed by atoms with E-state index in [0.29, 0.717) is 15.9 Å². The Bertz CT molecular complexity index is 1410. The van der Waals surface area contributed by atoms with Gasteiger partial charge in [-0.1, -0.05) is 51.8 Å². The standard InChI is InChI=1S/C24H17BrClFN4O3/c25-16-7-10-20-15(11-16)12-21(22(32)29-19-4-2-1-3-18(19)27)31(20)30-24(34)23(33)28-13-14-5-8-17(26)9-6-14/h1-12H,13H2,(H,28,33)(H,29,32)(H,30,34). The molecule has 0 fully saturated rings. The average molecular weight is 544 g/mol. The van der Waals surface area contributed by atoms with Crippen molar-refractivity contribution in [3.8, 4) is 0 Å². The monoisotopic (exact) mass is 542 g/mol. The zero-order chi connectivity index (χ0) is 24.2. The summed E-state index contributed by atoms with van der Waals surface area (Å²) in [4.78, 5) is 38.0. The molecule has 3 amide bonds. The number of benzene rings is 3. The van der Waals surface area contributed by atoms with Crippen LogP contribution in [0.15, 0.2) is 77.3 Å². The third-order valence-electron chi connectivity index (χ3n) is 4.90. The second-order valence-corrected chi connectivity index (χ2v) is 8.60. The Morgan fingerprint density at radius 1 is 0.941 bits per heavy atom. The van der Waals surface area contributed by atoms with Crippen LogP contribution in [0.25, 0.3) is 10.9 Å². The lowest BCUT2D eigenvalue weighted by Crippen LogP contribution is -2.39. The van der Waals surface area contributed by atoms with Crippen molar-refractivity contribution >= 4 is 61.8 Å². The van der Waals surface area contributed by atoms with Crippen LogP contribution in [-0.2, 0) is 16.1 Å². The lowest BCUT2D eigenvalue weighted by molar-refractivity contribution is -0.136. The maximum atomic E-state index is 14.0. The van der Waals surface area contributed by atoms with E-state index in [1.165, 1.54) is 28.9 Å². The number of rotatable bonds is 5. The summed E-state index contributed by atoms with van der Waals surface area (Å²) in [7, 11) is 0. The molecule has 0 saturated carbocycles. The average Bonchev–Trinajstić information content (AvgIpc) is 3.17. The fraction of sp³-hybridized carbons (Fsp3) is 0.0417. The molecule has 0 aliphatic carbocycles. The number of hydrogen-bond acceptors (Lipinski definition) is 3. The van der Waals surface area contributed by atoms with Crippen molar-refractivity contribution in [2.45, 2.75) is 6.54 Å². The van der Waals surface area contributed by atoms with E-state index in [4.69, 9.17) is 11.6 Å². The van der Waals surface area contributed by atoms with Crippen LogP contribution in [-0.4, -0.2) is 22.4 Å². The molecule has 4 rings (SSSR count). The van der Waals surface area contributed by atoms with Crippen LogP contribution in [0.5, 0.6) is 0 Å². The smallest absolute Gasteiger partial charge is 0.328 e. The second-order valence-electron chi connectivity index (χ2n) is 7.25. The molecule has 0 radical (unpaired) electrons. The molecule has 10 heteroatoms. The predicted octanol–water partition coefficient (Wildman–Crippen LogP) is 4.84. The van der Waals surface area contributed by atoms with Gasteiger partial charge in [0, 0.05) is 21.4 Å². The Labute approximate surface area is 207 Å². The molecule has 0 aliphatic rings. The molecule has 0 aliphatic heterocycles. The largest absolute Gasteiger partial charge is 0.344 e. The number of carbonyl (C=O) groups excluding carboxylic acids is 3. The number of para-hydroxylation sites is 1. The van der Waals surface area contributed by atoms with Gasteiger partial charge in [0.15, 0.2) is 0 Å². The van der Waals surface area contributed by atoms with Crippen LogP contribution >= 0.6 is 27.5 Å². The third-order valence-corrected chi connectivity index (χ3v) is 5.65. The summed E-state index contributed by atoms with van der Waals surface area (Å²) in [5.41, 5.74) is 3.68. The Kier molecular flexibility index (Phi) is 6.95. The van der Waals surface area contributed by atoms with Gasteiger partial charge in [-0.05, 0) is 54.1 Å². The molecule has 0 spiro atoms. The van der Waals surface area contributed by atoms with Crippen molar-refractivity contribution < 1.29 is 18.8 Å². The van der Waals surface area contributed by atoms with Crippen molar-refractivity contribution in [2.24, 2.45) is 0 Å². The highest BCUT2D eigenvalue weighted by Crippen LogP contribution is 2.24. The van der Waals surface area contributed by atoms with Crippen molar-refractivity contribution in [1.82, 2.24) is 9.99 Å². The Balaban J connectivity index is 1.57. The van der Waals surface area contributed by atoms with Gasteiger partial charge in [-0.2, -0.15) is 0 Å². The highest BCUT2D eigenvalue weighted by Gasteiger charge is 2.21. The Morgan fingerprint density at radius 2 is 1.68 bits per heavy atom. The maximum Gasteiger partial charge on any atom is 0.328 e. The molecular weight excluding hydrogens is 527 g/mol. The van der Waals surface area contributed by atoms with Crippen molar-refractivity contribution in [1.29, 1.82) is 0 Å². The van der Waals surface area contributed by atoms with Crippen molar-refractivity contribution in [3.05, 3.63) is 99.4 Å². The fourth-order valence-electron chi connectivity index (χ4n) is 3.24. The quantitative estimate of drug-likeness (QED) is 0.315. The van der Waals surface area contributed by atoms with Gasteiger partial charge in [0.2, 0.25) is 0 Å². The molecule has 1 aromatic heterocycles. The summed E-state index contributed by atoms with van der Waals surface area (Å²) >= 11 is 9.22. The normalized spacial score (nSPS) is 10.7. The number of nitrogens with zero attached hydrogens (tertiary/aromatic N) is 1. The summed E-state index contributed by atoms with van der Waals surface area (Å²) in [5.74, 6) is -3.14. The number of fused-ring (bicyclic) bond motifs is 1. The van der Waals surface area contributed by atoms with E-state index in [1.54, 1.807) is 48.5 Å². The first kappa shape index (κ1) is 23.5. The molecule has 0 bridgehead atoms. The van der Waals surface area contributed by atoms with E-state index in [9.17, 15) is 18.8 Å². The van der Waals surface area contributed by atoms with Gasteiger partial charge in [-0.15, -0.1) is 0 Å². The van der Waals surface area contributed by atoms with E-state index in [-0.39, 0.29) is 17.9 Å². The number of amides is 3. The van der Waals surface area contributed by atoms with E-state index >= 15 is 0 Å². The van der Waals surface area contributed by atoms with Crippen molar-refractivity contribution in [3.63, 3.8) is 0 Å². The molecule has 1 heterocycles. The molecular formula is C24H17BrClFN4O3. The number of carbonyl (C=O) groups is 3. The zero-order valence-electron chi connectivity index (χ0n) is 17.4. The van der Waals surface area contributed by atoms with E-state index in [0.717, 1.165) is 10.0 Å². The molecule has 7 nitrogen and oxygen atoms in total. The van der Waals surface area contributed by atoms with Gasteiger partial charge in [-0.25, -0.2) is 9.07 Å². The highest BCUT2D eigenvalue weighted by atomic mass is 79.9. The molecule has 4 aromatic rings. The number of nitrogens with one attached hydrogen (secondary N) is 3. The van der Waals surface area contributed by atoms with Gasteiger partial charge in [0.25, 0.3) is 5.91 Å². The maximum absolute atomic E-state index is 14.0. The van der Waals surface area contributed by atoms with E-state index < -0.39 is 23.5 Å². The van der Waals surface area contributed by atoms with Crippen LogP contribution < -0.4 is 16.1 Å². The van der Waals surface area contributed by atoms with Crippen molar-refractivity contribution in [2.75, 3.05) is 10.7 Å². The number of halogens is 3. The molecule has 0 unspecified atom stereocenters. The number of hydrogen-bond donors (Lipinski definition) is 3. The molecule has 172 valence electrons. The van der Waals surface area contributed by atoms with E-state index in [1.807, 2.05) is 0 Å². The van der Waals surface area contributed by atoms with Crippen LogP contribution in [0.2, 0.25) is 5.02 Å². The minimum Gasteiger partial charge on any atom is -0.344 e. The van der Waals surface area contributed by atoms with Crippen LogP contribution in [0.1, 0.15) is 16.1 Å². The Morgan fingerprint density at radius 3 is 2.41 bits per heavy atom. The summed E-state index contributed by atoms with van der Waals surface area (Å²) < 4.78 is 16.0. The molecule has 0 saturated heterocycles. The van der Waals surface area contributed by atoms with Gasteiger partial charge < -0.3 is 10.6 Å². The first-order chi connectivity index (χ1) is 16.3. The summed E-state index contributed by atoms with van der Waals surface area (Å²) in [6, 6.07) is 19.2. The predicted molar refractivity (Wildman–Crippen MR) is 132 cm³/mol. The molecule has 0 atom stereocenters. The molecule has 3 aromatic carbocycles. The lowest BCUT2D eigenvalue weighted by atomic mass is 10.2. The molecule has 34 heavy (non-hydrogen) atoms. The van der Waals surface area contributed by atoms with Gasteiger partial charge in [-0.3, -0.25) is 19.8 Å². The second kappa shape index (κ2) is 10.1. The SMILES string of the molecule is O=C(NCc1ccc(Cl)cc1)C(=O)Nn1c(C(=O)Nc2ccccc2F)cc2cc(Br)ccc21.